The van der Waals surface area contributed by atoms with Gasteiger partial charge in [-0.05, 0) is 13.0 Å². The van der Waals surface area contributed by atoms with Gasteiger partial charge in [0.15, 0.2) is 6.10 Å². The highest BCUT2D eigenvalue weighted by Crippen LogP contribution is 2.41. The van der Waals surface area contributed by atoms with Crippen molar-refractivity contribution in [1.82, 2.24) is 24.7 Å². The number of carbonyl (C=O) groups excluding carboxylic acids is 2. The molecule has 224 valence electrons. The van der Waals surface area contributed by atoms with Crippen molar-refractivity contribution in [3.8, 4) is 0 Å². The number of aliphatic carboxylic acids is 1. The molecule has 5 heterocycles. The summed E-state index contributed by atoms with van der Waals surface area (Å²) >= 11 is 0. The molecule has 3 aliphatic heterocycles. The maximum absolute atomic E-state index is 15.5. The van der Waals surface area contributed by atoms with Gasteiger partial charge >= 0.3 is 18.0 Å². The van der Waals surface area contributed by atoms with Crippen molar-refractivity contribution in [2.45, 2.75) is 37.8 Å². The fourth-order valence-electron chi connectivity index (χ4n) is 5.76. The normalized spacial score (nSPS) is 23.7. The van der Waals surface area contributed by atoms with E-state index in [9.17, 15) is 34.2 Å². The van der Waals surface area contributed by atoms with Crippen LogP contribution in [-0.4, -0.2) is 112 Å². The lowest BCUT2D eigenvalue weighted by Crippen LogP contribution is -2.66. The van der Waals surface area contributed by atoms with Crippen LogP contribution < -0.4 is 10.7 Å². The first-order chi connectivity index (χ1) is 20.0. The smallest absolute Gasteiger partial charge is 0.410 e. The summed E-state index contributed by atoms with van der Waals surface area (Å²) < 4.78 is 33.0. The maximum Gasteiger partial charge on any atom is 0.410 e. The number of pyridine rings is 2. The van der Waals surface area contributed by atoms with Gasteiger partial charge in [-0.15, -0.1) is 0 Å². The Hall–Kier alpha value is -4.41. The average Bonchev–Trinajstić information content (AvgIpc) is 3.26. The summed E-state index contributed by atoms with van der Waals surface area (Å²) in [7, 11) is 2.65. The average molecular weight is 590 g/mol. The van der Waals surface area contributed by atoms with Gasteiger partial charge < -0.3 is 34.3 Å². The van der Waals surface area contributed by atoms with E-state index in [2.05, 4.69) is 10.3 Å². The first-order valence-electron chi connectivity index (χ1n) is 13.0. The van der Waals surface area contributed by atoms with Crippen LogP contribution in [-0.2, 0) is 30.3 Å². The Morgan fingerprint density at radius 1 is 1.14 bits per heavy atom. The van der Waals surface area contributed by atoms with E-state index in [1.165, 1.54) is 23.7 Å². The summed E-state index contributed by atoms with van der Waals surface area (Å²) in [4.78, 5) is 68.7. The zero-order valence-corrected chi connectivity index (χ0v) is 22.8. The molecule has 0 bridgehead atoms. The van der Waals surface area contributed by atoms with Crippen LogP contribution in [0.2, 0.25) is 0 Å². The number of hydrogen-bond acceptors (Lipinski definition) is 10. The summed E-state index contributed by atoms with van der Waals surface area (Å²) in [5.41, 5.74) is -1.81. The number of carboxylic acids is 2. The number of piperazine rings is 1. The lowest BCUT2D eigenvalue weighted by molar-refractivity contribution is -0.172. The van der Waals surface area contributed by atoms with Crippen LogP contribution in [0.3, 0.4) is 0 Å². The second kappa shape index (κ2) is 11.1. The number of nitrogens with zero attached hydrogens (tertiary/aromatic N) is 4. The quantitative estimate of drug-likeness (QED) is 0.348. The number of aromatic nitrogens is 2. The number of carbonyl (C=O) groups is 4. The number of carboxylic acid groups (broad SMARTS) is 2. The molecule has 42 heavy (non-hydrogen) atoms. The molecule has 0 saturated carbocycles. The number of amides is 2. The van der Waals surface area contributed by atoms with E-state index in [0.717, 1.165) is 17.2 Å². The fourth-order valence-corrected chi connectivity index (χ4v) is 5.76. The van der Waals surface area contributed by atoms with Crippen molar-refractivity contribution in [3.63, 3.8) is 0 Å². The van der Waals surface area contributed by atoms with Crippen LogP contribution >= 0.6 is 0 Å². The van der Waals surface area contributed by atoms with Gasteiger partial charge in [0.25, 0.3) is 5.91 Å². The van der Waals surface area contributed by atoms with Gasteiger partial charge in [-0.1, -0.05) is 0 Å². The minimum atomic E-state index is -1.45. The highest BCUT2D eigenvalue weighted by molar-refractivity contribution is 6.01. The van der Waals surface area contributed by atoms with Crippen LogP contribution in [0.15, 0.2) is 28.3 Å². The highest BCUT2D eigenvalue weighted by atomic mass is 19.1. The molecule has 4 atom stereocenters. The van der Waals surface area contributed by atoms with Crippen LogP contribution in [0.25, 0.3) is 11.0 Å². The molecule has 0 aliphatic carbocycles. The number of methoxy groups -OCH3 is 2. The fraction of sp³-hybridized carbons (Fsp3) is 0.462. The Kier molecular flexibility index (Phi) is 7.70. The minimum Gasteiger partial charge on any atom is -0.477 e. The third-order valence-corrected chi connectivity index (χ3v) is 7.74. The number of β-lactam (4-membered cyclic amide) rings is 1. The molecule has 4 unspecified atom stereocenters. The molecular weight excluding hydrogens is 561 g/mol. The Balaban J connectivity index is 1.45. The second-order valence-electron chi connectivity index (χ2n) is 9.85. The maximum atomic E-state index is 15.5. The number of hydrogen-bond donors (Lipinski definition) is 3. The summed E-state index contributed by atoms with van der Waals surface area (Å²) in [5, 5.41) is 22.0. The van der Waals surface area contributed by atoms with Gasteiger partial charge in [-0.25, -0.2) is 23.8 Å². The molecule has 2 amide bonds. The number of aromatic carboxylic acids is 1. The zero-order chi connectivity index (χ0) is 30.5. The number of rotatable bonds is 8. The van der Waals surface area contributed by atoms with Gasteiger partial charge in [-0.3, -0.25) is 19.4 Å². The van der Waals surface area contributed by atoms with Crippen molar-refractivity contribution in [2.24, 2.45) is 0 Å². The SMILES string of the molecule is CCn1cc(C(=O)O)c(=O)c2cc(F)c(C3CNCCN3C(=O)OCC3=C(C(=O)O)N4C(=O)C(OC)C4C3OC)nc21. The third-order valence-electron chi connectivity index (χ3n) is 7.74. The molecule has 2 saturated heterocycles. The first kappa shape index (κ1) is 29.1. The third kappa shape index (κ3) is 4.47. The van der Waals surface area contributed by atoms with Crippen LogP contribution in [0, 0.1) is 5.82 Å². The molecule has 5 rings (SSSR count). The lowest BCUT2D eigenvalue weighted by Gasteiger charge is -2.43. The second-order valence-corrected chi connectivity index (χ2v) is 9.85. The standard InChI is InChI=1S/C26H28FN5O10/c1-4-30-9-12(24(35)36)19(33)11-7-14(27)16(29-22(11)30)15-8-28-5-6-31(15)26(39)42-10-13-17(25(37)38)32-18(20(13)40-2)21(41-3)23(32)34/h7,9,15,18,20-21,28H,4-6,8,10H2,1-3H3,(H,35,36)(H,37,38). The first-order valence-corrected chi connectivity index (χ1v) is 13.0. The molecule has 0 radical (unpaired) electrons. The molecule has 3 N–H and O–H groups in total. The zero-order valence-electron chi connectivity index (χ0n) is 22.8. The Morgan fingerprint density at radius 3 is 2.48 bits per heavy atom. The van der Waals surface area contributed by atoms with E-state index < -0.39 is 71.6 Å². The van der Waals surface area contributed by atoms with Crippen molar-refractivity contribution in [1.29, 1.82) is 0 Å². The van der Waals surface area contributed by atoms with E-state index in [0.29, 0.717) is 6.54 Å². The van der Waals surface area contributed by atoms with Crippen molar-refractivity contribution >= 4 is 35.0 Å². The monoisotopic (exact) mass is 589 g/mol. The van der Waals surface area contributed by atoms with E-state index in [-0.39, 0.29) is 47.6 Å². The van der Waals surface area contributed by atoms with E-state index in [1.54, 1.807) is 6.92 Å². The number of nitrogens with one attached hydrogen (secondary N) is 1. The van der Waals surface area contributed by atoms with Gasteiger partial charge in [0.2, 0.25) is 5.43 Å². The molecule has 2 aromatic rings. The molecule has 2 fully saturated rings. The van der Waals surface area contributed by atoms with Gasteiger partial charge in [0.1, 0.15) is 47.2 Å². The molecule has 2 aromatic heterocycles. The molecule has 15 nitrogen and oxygen atoms in total. The molecule has 16 heteroatoms. The van der Waals surface area contributed by atoms with E-state index in [4.69, 9.17) is 14.2 Å². The van der Waals surface area contributed by atoms with Crippen molar-refractivity contribution in [2.75, 3.05) is 40.5 Å². The molecular formula is C26H28FN5O10. The largest absolute Gasteiger partial charge is 0.477 e. The molecule has 0 aromatic carbocycles. The van der Waals surface area contributed by atoms with Gasteiger partial charge in [0.05, 0.1) is 11.4 Å². The van der Waals surface area contributed by atoms with E-state index >= 15 is 4.39 Å². The number of halogens is 1. The summed E-state index contributed by atoms with van der Waals surface area (Å²) in [6.45, 7) is 1.92. The Labute approximate surface area is 237 Å². The predicted octanol–water partition coefficient (Wildman–Crippen LogP) is -0.0703. The summed E-state index contributed by atoms with van der Waals surface area (Å²) in [6.07, 6.45) is -1.57. The Bertz CT molecular complexity index is 1590. The lowest BCUT2D eigenvalue weighted by atomic mass is 9.94. The number of aryl methyl sites for hydroxylation is 1. The Morgan fingerprint density at radius 2 is 1.86 bits per heavy atom. The molecule has 3 aliphatic rings. The highest BCUT2D eigenvalue weighted by Gasteiger charge is 2.61. The van der Waals surface area contributed by atoms with Crippen LogP contribution in [0.5, 0.6) is 0 Å². The topological polar surface area (TPSA) is 190 Å². The number of fused-ring (bicyclic) bond motifs is 2. The van der Waals surface area contributed by atoms with Crippen molar-refractivity contribution in [3.05, 3.63) is 50.8 Å². The van der Waals surface area contributed by atoms with E-state index in [1.807, 2.05) is 0 Å². The predicted molar refractivity (Wildman–Crippen MR) is 139 cm³/mol. The van der Waals surface area contributed by atoms with Crippen molar-refractivity contribution < 1.29 is 48.0 Å². The van der Waals surface area contributed by atoms with Crippen LogP contribution in [0.1, 0.15) is 29.0 Å². The van der Waals surface area contributed by atoms with Gasteiger partial charge in [-0.2, -0.15) is 0 Å². The minimum absolute atomic E-state index is 0.0508. The molecule has 0 spiro atoms. The summed E-state index contributed by atoms with van der Waals surface area (Å²) in [6, 6.07) is -0.798. The number of ether oxygens (including phenoxy) is 3. The van der Waals surface area contributed by atoms with Gasteiger partial charge in [0, 0.05) is 52.2 Å². The van der Waals surface area contributed by atoms with Crippen LogP contribution in [0.4, 0.5) is 9.18 Å². The summed E-state index contributed by atoms with van der Waals surface area (Å²) in [5.74, 6) is -4.32.